The van der Waals surface area contributed by atoms with Crippen molar-refractivity contribution in [1.29, 1.82) is 0 Å². The third kappa shape index (κ3) is 2.11. The summed E-state index contributed by atoms with van der Waals surface area (Å²) >= 11 is 6.18. The van der Waals surface area contributed by atoms with Crippen molar-refractivity contribution in [3.63, 3.8) is 0 Å². The molecule has 0 radical (unpaired) electrons. The quantitative estimate of drug-likeness (QED) is 0.880. The van der Waals surface area contributed by atoms with Crippen LogP contribution in [0.3, 0.4) is 0 Å². The second kappa shape index (κ2) is 4.55. The van der Waals surface area contributed by atoms with Crippen molar-refractivity contribution in [3.05, 3.63) is 41.4 Å². The molecule has 0 bridgehead atoms. The third-order valence-electron chi connectivity index (χ3n) is 3.14. The van der Waals surface area contributed by atoms with Crippen LogP contribution in [0.15, 0.2) is 36.4 Å². The Morgan fingerprint density at radius 3 is 2.71 bits per heavy atom. The minimum Gasteiger partial charge on any atom is -0.488 e. The molecule has 1 atom stereocenters. The average molecular weight is 248 g/mol. The first-order valence-electron chi connectivity index (χ1n) is 5.89. The first-order chi connectivity index (χ1) is 8.34. The predicted octanol–water partition coefficient (Wildman–Crippen LogP) is 3.23. The molecule has 17 heavy (non-hydrogen) atoms. The predicted molar refractivity (Wildman–Crippen MR) is 70.9 cm³/mol. The van der Waals surface area contributed by atoms with Gasteiger partial charge in [-0.25, -0.2) is 0 Å². The van der Waals surface area contributed by atoms with Crippen LogP contribution in [0.1, 0.15) is 6.42 Å². The Kier molecular flexibility index (Phi) is 2.91. The average Bonchev–Trinajstić information content (AvgIpc) is 2.86. The number of benzene rings is 2. The Hall–Kier alpha value is -1.25. The van der Waals surface area contributed by atoms with Gasteiger partial charge in [-0.2, -0.15) is 0 Å². The van der Waals surface area contributed by atoms with Crippen molar-refractivity contribution in [3.8, 4) is 5.75 Å². The normalized spacial score (nSPS) is 19.7. The molecule has 2 aromatic carbocycles. The smallest absolute Gasteiger partial charge is 0.127 e. The second-order valence-electron chi connectivity index (χ2n) is 4.32. The van der Waals surface area contributed by atoms with Crippen LogP contribution in [-0.4, -0.2) is 19.2 Å². The van der Waals surface area contributed by atoms with Crippen molar-refractivity contribution in [1.82, 2.24) is 5.32 Å². The maximum atomic E-state index is 6.18. The topological polar surface area (TPSA) is 21.3 Å². The number of ether oxygens (including phenoxy) is 1. The lowest BCUT2D eigenvalue weighted by molar-refractivity contribution is 0.226. The van der Waals surface area contributed by atoms with E-state index in [1.165, 1.54) is 0 Å². The van der Waals surface area contributed by atoms with E-state index >= 15 is 0 Å². The highest BCUT2D eigenvalue weighted by Crippen LogP contribution is 2.32. The van der Waals surface area contributed by atoms with E-state index in [1.54, 1.807) is 0 Å². The lowest BCUT2D eigenvalue weighted by Crippen LogP contribution is -2.19. The third-order valence-corrected chi connectivity index (χ3v) is 3.47. The van der Waals surface area contributed by atoms with Crippen LogP contribution in [0.5, 0.6) is 5.75 Å². The first kappa shape index (κ1) is 10.9. The first-order valence-corrected chi connectivity index (χ1v) is 6.27. The lowest BCUT2D eigenvalue weighted by Gasteiger charge is -2.15. The second-order valence-corrected chi connectivity index (χ2v) is 4.73. The number of halogens is 1. The highest BCUT2D eigenvalue weighted by molar-refractivity contribution is 6.35. The fraction of sp³-hybridized carbons (Fsp3) is 0.286. The monoisotopic (exact) mass is 247 g/mol. The van der Waals surface area contributed by atoms with E-state index in [4.69, 9.17) is 16.3 Å². The molecular weight excluding hydrogens is 234 g/mol. The zero-order chi connectivity index (χ0) is 11.7. The van der Waals surface area contributed by atoms with Gasteiger partial charge in [0.05, 0.1) is 0 Å². The van der Waals surface area contributed by atoms with E-state index in [-0.39, 0.29) is 6.10 Å². The molecule has 0 amide bonds. The van der Waals surface area contributed by atoms with E-state index in [2.05, 4.69) is 11.4 Å². The van der Waals surface area contributed by atoms with Crippen LogP contribution < -0.4 is 10.1 Å². The fourth-order valence-corrected chi connectivity index (χ4v) is 2.47. The molecule has 1 aliphatic rings. The van der Waals surface area contributed by atoms with E-state index in [9.17, 15) is 0 Å². The number of hydrogen-bond donors (Lipinski definition) is 1. The molecule has 88 valence electrons. The molecule has 0 unspecified atom stereocenters. The molecule has 0 aliphatic carbocycles. The molecule has 2 aromatic rings. The molecule has 1 heterocycles. The SMILES string of the molecule is Clc1ccc(O[C@H]2CCNC2)c2ccccc12. The van der Waals surface area contributed by atoms with Gasteiger partial charge in [-0.15, -0.1) is 0 Å². The van der Waals surface area contributed by atoms with Crippen LogP contribution in [0, 0.1) is 0 Å². The summed E-state index contributed by atoms with van der Waals surface area (Å²) in [5, 5.41) is 6.22. The zero-order valence-corrected chi connectivity index (χ0v) is 10.2. The Bertz CT molecular complexity index is 535. The van der Waals surface area contributed by atoms with Gasteiger partial charge in [0.25, 0.3) is 0 Å². The molecule has 3 heteroatoms. The Morgan fingerprint density at radius 1 is 1.12 bits per heavy atom. The summed E-state index contributed by atoms with van der Waals surface area (Å²) in [6.07, 6.45) is 1.34. The van der Waals surface area contributed by atoms with Crippen LogP contribution in [-0.2, 0) is 0 Å². The highest BCUT2D eigenvalue weighted by Gasteiger charge is 2.17. The molecule has 0 saturated carbocycles. The molecule has 1 N–H and O–H groups in total. The molecule has 0 spiro atoms. The minimum atomic E-state index is 0.277. The van der Waals surface area contributed by atoms with Gasteiger partial charge in [0.2, 0.25) is 0 Å². The van der Waals surface area contributed by atoms with Crippen LogP contribution in [0.2, 0.25) is 5.02 Å². The summed E-state index contributed by atoms with van der Waals surface area (Å²) in [5.74, 6) is 0.929. The van der Waals surface area contributed by atoms with Crippen molar-refractivity contribution in [2.75, 3.05) is 13.1 Å². The minimum absolute atomic E-state index is 0.277. The van der Waals surface area contributed by atoms with Gasteiger partial charge in [-0.3, -0.25) is 0 Å². The summed E-state index contributed by atoms with van der Waals surface area (Å²) in [4.78, 5) is 0. The molecule has 3 rings (SSSR count). The molecule has 1 aliphatic heterocycles. The Morgan fingerprint density at radius 2 is 1.94 bits per heavy atom. The van der Waals surface area contributed by atoms with E-state index < -0.39 is 0 Å². The number of nitrogens with one attached hydrogen (secondary N) is 1. The molecule has 0 aromatic heterocycles. The van der Waals surface area contributed by atoms with Crippen LogP contribution in [0.25, 0.3) is 10.8 Å². The Balaban J connectivity index is 2.01. The standard InChI is InChI=1S/C14H14ClNO/c15-13-5-6-14(17-10-7-8-16-9-10)12-4-2-1-3-11(12)13/h1-6,10,16H,7-9H2/t10-/m0/s1. The largest absolute Gasteiger partial charge is 0.488 e. The lowest BCUT2D eigenvalue weighted by atomic mass is 10.1. The number of fused-ring (bicyclic) bond motifs is 1. The maximum Gasteiger partial charge on any atom is 0.127 e. The summed E-state index contributed by atoms with van der Waals surface area (Å²) in [5.41, 5.74) is 0. The van der Waals surface area contributed by atoms with E-state index in [0.717, 1.165) is 41.1 Å². The summed E-state index contributed by atoms with van der Waals surface area (Å²) < 4.78 is 6.02. The molecule has 2 nitrogen and oxygen atoms in total. The Labute approximate surface area is 106 Å². The number of hydrogen-bond acceptors (Lipinski definition) is 2. The summed E-state index contributed by atoms with van der Waals surface area (Å²) in [6, 6.07) is 12.0. The summed E-state index contributed by atoms with van der Waals surface area (Å²) in [6.45, 7) is 1.97. The molecule has 1 fully saturated rings. The van der Waals surface area contributed by atoms with Crippen LogP contribution in [0.4, 0.5) is 0 Å². The highest BCUT2D eigenvalue weighted by atomic mass is 35.5. The van der Waals surface area contributed by atoms with Gasteiger partial charge in [-0.05, 0) is 25.1 Å². The molecule has 1 saturated heterocycles. The fourth-order valence-electron chi connectivity index (χ4n) is 2.25. The van der Waals surface area contributed by atoms with Crippen LogP contribution >= 0.6 is 11.6 Å². The van der Waals surface area contributed by atoms with Gasteiger partial charge in [0.1, 0.15) is 11.9 Å². The number of rotatable bonds is 2. The molecular formula is C14H14ClNO. The zero-order valence-electron chi connectivity index (χ0n) is 9.45. The van der Waals surface area contributed by atoms with Gasteiger partial charge in [-0.1, -0.05) is 35.9 Å². The van der Waals surface area contributed by atoms with Gasteiger partial charge in [0, 0.05) is 22.3 Å². The van der Waals surface area contributed by atoms with Gasteiger partial charge >= 0.3 is 0 Å². The van der Waals surface area contributed by atoms with Crippen molar-refractivity contribution in [2.45, 2.75) is 12.5 Å². The van der Waals surface area contributed by atoms with Gasteiger partial charge < -0.3 is 10.1 Å². The van der Waals surface area contributed by atoms with Crippen molar-refractivity contribution < 1.29 is 4.74 Å². The van der Waals surface area contributed by atoms with Crippen molar-refractivity contribution in [2.24, 2.45) is 0 Å². The van der Waals surface area contributed by atoms with E-state index in [0.29, 0.717) is 0 Å². The summed E-state index contributed by atoms with van der Waals surface area (Å²) in [7, 11) is 0. The van der Waals surface area contributed by atoms with E-state index in [1.807, 2.05) is 30.3 Å². The van der Waals surface area contributed by atoms with Gasteiger partial charge in [0.15, 0.2) is 0 Å². The van der Waals surface area contributed by atoms with Crippen molar-refractivity contribution >= 4 is 22.4 Å². The maximum absolute atomic E-state index is 6.18.